The molecule has 2 N–H and O–H groups in total. The molecule has 84 valence electrons. The second kappa shape index (κ2) is 4.77. The minimum Gasteiger partial charge on any atom is -0.481 e. The van der Waals surface area contributed by atoms with Crippen LogP contribution in [0.2, 0.25) is 0 Å². The lowest BCUT2D eigenvalue weighted by Gasteiger charge is -2.34. The molecule has 1 saturated heterocycles. The van der Waals surface area contributed by atoms with Gasteiger partial charge in [-0.3, -0.25) is 14.4 Å². The number of rotatable bonds is 4. The molecule has 0 saturated carbocycles. The van der Waals surface area contributed by atoms with E-state index in [1.54, 1.807) is 0 Å². The number of carbonyl (C=O) groups excluding carboxylic acids is 1. The molecule has 1 aliphatic heterocycles. The molecule has 1 fully saturated rings. The van der Waals surface area contributed by atoms with Gasteiger partial charge in [-0.1, -0.05) is 0 Å². The summed E-state index contributed by atoms with van der Waals surface area (Å²) in [5.74, 6) is -4.29. The summed E-state index contributed by atoms with van der Waals surface area (Å²) in [4.78, 5) is 33.5. The van der Waals surface area contributed by atoms with Crippen molar-refractivity contribution < 1.29 is 24.6 Å². The fourth-order valence-electron chi connectivity index (χ4n) is 1.90. The van der Waals surface area contributed by atoms with Gasteiger partial charge in [0.1, 0.15) is 0 Å². The lowest BCUT2D eigenvalue weighted by atomic mass is 9.91. The van der Waals surface area contributed by atoms with Crippen LogP contribution in [0.4, 0.5) is 0 Å². The van der Waals surface area contributed by atoms with Crippen LogP contribution in [-0.2, 0) is 14.4 Å². The van der Waals surface area contributed by atoms with E-state index in [0.717, 1.165) is 12.8 Å². The van der Waals surface area contributed by atoms with Crippen LogP contribution in [0.3, 0.4) is 0 Å². The molecule has 6 nitrogen and oxygen atoms in total. The van der Waals surface area contributed by atoms with Crippen LogP contribution < -0.4 is 0 Å². The maximum atomic E-state index is 10.8. The van der Waals surface area contributed by atoms with Crippen molar-refractivity contribution in [3.8, 4) is 0 Å². The molecule has 0 aromatic heterocycles. The first-order chi connectivity index (χ1) is 7.07. The van der Waals surface area contributed by atoms with Gasteiger partial charge < -0.3 is 15.1 Å². The second-order valence-corrected chi connectivity index (χ2v) is 3.56. The third-order valence-corrected chi connectivity index (χ3v) is 2.64. The van der Waals surface area contributed by atoms with E-state index < -0.39 is 23.9 Å². The minimum atomic E-state index is -1.52. The zero-order valence-electron chi connectivity index (χ0n) is 8.13. The third kappa shape index (κ3) is 2.45. The number of nitrogens with zero attached hydrogens (tertiary/aromatic N) is 1. The Morgan fingerprint density at radius 2 is 1.87 bits per heavy atom. The Morgan fingerprint density at radius 1 is 1.27 bits per heavy atom. The molecule has 0 radical (unpaired) electrons. The Morgan fingerprint density at radius 3 is 2.33 bits per heavy atom. The van der Waals surface area contributed by atoms with Gasteiger partial charge in [0.15, 0.2) is 5.92 Å². The number of aliphatic carboxylic acids is 2. The van der Waals surface area contributed by atoms with Gasteiger partial charge in [-0.25, -0.2) is 0 Å². The van der Waals surface area contributed by atoms with Crippen LogP contribution in [0.15, 0.2) is 0 Å². The maximum absolute atomic E-state index is 10.8. The van der Waals surface area contributed by atoms with Gasteiger partial charge >= 0.3 is 11.9 Å². The molecule has 0 aliphatic carbocycles. The summed E-state index contributed by atoms with van der Waals surface area (Å²) < 4.78 is 0. The highest BCUT2D eigenvalue weighted by atomic mass is 16.4. The molecule has 6 heteroatoms. The molecular formula is C9H13NO5. The first-order valence-corrected chi connectivity index (χ1v) is 4.74. The maximum Gasteiger partial charge on any atom is 0.320 e. The van der Waals surface area contributed by atoms with Crippen LogP contribution >= 0.6 is 0 Å². The predicted octanol–water partition coefficient (Wildman–Crippen LogP) is -0.217. The van der Waals surface area contributed by atoms with E-state index in [4.69, 9.17) is 10.2 Å². The van der Waals surface area contributed by atoms with Gasteiger partial charge in [-0.15, -0.1) is 0 Å². The van der Waals surface area contributed by atoms with Crippen LogP contribution in [-0.4, -0.2) is 46.0 Å². The summed E-state index contributed by atoms with van der Waals surface area (Å²) in [7, 11) is 0. The Bertz CT molecular complexity index is 264. The SMILES string of the molecule is O=CN1CCCCC1C(C(=O)O)C(=O)O. The van der Waals surface area contributed by atoms with E-state index in [2.05, 4.69) is 0 Å². The van der Waals surface area contributed by atoms with E-state index in [-0.39, 0.29) is 0 Å². The summed E-state index contributed by atoms with van der Waals surface area (Å²) in [6.45, 7) is 0.436. The van der Waals surface area contributed by atoms with Crippen molar-refractivity contribution in [1.82, 2.24) is 4.90 Å². The quantitative estimate of drug-likeness (QED) is 0.499. The number of hydrogen-bond donors (Lipinski definition) is 2. The molecule has 1 aliphatic rings. The van der Waals surface area contributed by atoms with Crippen LogP contribution in [0.25, 0.3) is 0 Å². The Labute approximate surface area is 86.5 Å². The summed E-state index contributed by atoms with van der Waals surface area (Å²) in [6, 6.07) is -0.716. The molecular weight excluding hydrogens is 202 g/mol. The zero-order chi connectivity index (χ0) is 11.4. The van der Waals surface area contributed by atoms with Crippen LogP contribution in [0.1, 0.15) is 19.3 Å². The molecule has 0 aromatic carbocycles. The Balaban J connectivity index is 2.84. The van der Waals surface area contributed by atoms with Crippen molar-refractivity contribution in [3.63, 3.8) is 0 Å². The molecule has 0 bridgehead atoms. The molecule has 1 atom stereocenters. The van der Waals surface area contributed by atoms with E-state index in [9.17, 15) is 14.4 Å². The van der Waals surface area contributed by atoms with Crippen molar-refractivity contribution in [2.45, 2.75) is 25.3 Å². The Kier molecular flexibility index (Phi) is 3.65. The number of carboxylic acids is 2. The largest absolute Gasteiger partial charge is 0.481 e. The first-order valence-electron chi connectivity index (χ1n) is 4.74. The van der Waals surface area contributed by atoms with E-state index in [1.807, 2.05) is 0 Å². The lowest BCUT2D eigenvalue weighted by Crippen LogP contribution is -2.48. The van der Waals surface area contributed by atoms with E-state index in [1.165, 1.54) is 4.90 Å². The predicted molar refractivity (Wildman–Crippen MR) is 49.2 cm³/mol. The molecule has 1 rings (SSSR count). The fraction of sp³-hybridized carbons (Fsp3) is 0.667. The Hall–Kier alpha value is -1.59. The number of likely N-dealkylation sites (tertiary alicyclic amines) is 1. The number of hydrogen-bond acceptors (Lipinski definition) is 3. The first kappa shape index (κ1) is 11.5. The number of carboxylic acid groups (broad SMARTS) is 2. The van der Waals surface area contributed by atoms with Gasteiger partial charge in [0, 0.05) is 6.54 Å². The van der Waals surface area contributed by atoms with Gasteiger partial charge in [0.2, 0.25) is 6.41 Å². The summed E-state index contributed by atoms with van der Waals surface area (Å²) >= 11 is 0. The highest BCUT2D eigenvalue weighted by Gasteiger charge is 2.39. The zero-order valence-corrected chi connectivity index (χ0v) is 8.13. The molecule has 15 heavy (non-hydrogen) atoms. The molecule has 1 heterocycles. The molecule has 0 aromatic rings. The minimum absolute atomic E-state index is 0.433. The van der Waals surface area contributed by atoms with Crippen LogP contribution in [0.5, 0.6) is 0 Å². The lowest BCUT2D eigenvalue weighted by molar-refractivity contribution is -0.159. The summed E-state index contributed by atoms with van der Waals surface area (Å²) in [5.41, 5.74) is 0. The van der Waals surface area contributed by atoms with Gasteiger partial charge in [0.25, 0.3) is 0 Å². The van der Waals surface area contributed by atoms with Crippen molar-refractivity contribution in [3.05, 3.63) is 0 Å². The smallest absolute Gasteiger partial charge is 0.320 e. The number of amides is 1. The summed E-state index contributed by atoms with van der Waals surface area (Å²) in [6.07, 6.45) is 2.51. The van der Waals surface area contributed by atoms with Crippen molar-refractivity contribution in [1.29, 1.82) is 0 Å². The van der Waals surface area contributed by atoms with Gasteiger partial charge in [0.05, 0.1) is 6.04 Å². The monoisotopic (exact) mass is 215 g/mol. The van der Waals surface area contributed by atoms with Gasteiger partial charge in [-0.2, -0.15) is 0 Å². The van der Waals surface area contributed by atoms with Crippen LogP contribution in [0, 0.1) is 5.92 Å². The average molecular weight is 215 g/mol. The molecule has 0 spiro atoms. The highest BCUT2D eigenvalue weighted by molar-refractivity contribution is 5.94. The van der Waals surface area contributed by atoms with Crippen molar-refractivity contribution >= 4 is 18.3 Å². The molecule has 1 amide bonds. The topological polar surface area (TPSA) is 94.9 Å². The number of carbonyl (C=O) groups is 3. The van der Waals surface area contributed by atoms with E-state index in [0.29, 0.717) is 19.4 Å². The summed E-state index contributed by atoms with van der Waals surface area (Å²) in [5, 5.41) is 17.6. The average Bonchev–Trinajstić information content (AvgIpc) is 2.17. The normalized spacial score (nSPS) is 21.4. The van der Waals surface area contributed by atoms with E-state index >= 15 is 0 Å². The fourth-order valence-corrected chi connectivity index (χ4v) is 1.90. The standard InChI is InChI=1S/C9H13NO5/c11-5-10-4-2-1-3-6(10)7(8(12)13)9(14)15/h5-7H,1-4H2,(H,12,13)(H,14,15). The number of piperidine rings is 1. The molecule has 1 unspecified atom stereocenters. The second-order valence-electron chi connectivity index (χ2n) is 3.56. The third-order valence-electron chi connectivity index (χ3n) is 2.64. The van der Waals surface area contributed by atoms with Crippen molar-refractivity contribution in [2.75, 3.05) is 6.54 Å². The highest BCUT2D eigenvalue weighted by Crippen LogP contribution is 2.22. The van der Waals surface area contributed by atoms with Crippen molar-refractivity contribution in [2.24, 2.45) is 5.92 Å². The van der Waals surface area contributed by atoms with Gasteiger partial charge in [-0.05, 0) is 19.3 Å².